The SMILES string of the molecule is COc1cc(C)c(S(=O)(=O)N(Cc2cc(C(=O)N(C)Cc3ccc(CN4CCC(NC(C)=O)C4)cc3)co2)C2CC2)c(C)c1. The highest BCUT2D eigenvalue weighted by molar-refractivity contribution is 7.89. The number of carbonyl (C=O) groups excluding carboxylic acids is 2. The Morgan fingerprint density at radius 3 is 2.30 bits per heavy atom. The molecule has 1 aliphatic carbocycles. The molecule has 0 bridgehead atoms. The molecule has 2 heterocycles. The Hall–Kier alpha value is -3.67. The maximum Gasteiger partial charge on any atom is 0.257 e. The van der Waals surface area contributed by atoms with Crippen molar-refractivity contribution in [3.05, 3.63) is 82.3 Å². The molecule has 1 N–H and O–H groups in total. The Morgan fingerprint density at radius 1 is 1.02 bits per heavy atom. The lowest BCUT2D eigenvalue weighted by atomic mass is 10.1. The Morgan fingerprint density at radius 2 is 1.68 bits per heavy atom. The number of carbonyl (C=O) groups is 2. The van der Waals surface area contributed by atoms with Crippen molar-refractivity contribution in [1.29, 1.82) is 0 Å². The van der Waals surface area contributed by atoms with Crippen LogP contribution < -0.4 is 10.1 Å². The van der Waals surface area contributed by atoms with Gasteiger partial charge in [-0.1, -0.05) is 24.3 Å². The summed E-state index contributed by atoms with van der Waals surface area (Å²) in [6.07, 6.45) is 3.94. The van der Waals surface area contributed by atoms with E-state index in [0.717, 1.165) is 44.5 Å². The third-order valence-corrected chi connectivity index (χ3v) is 10.5. The number of nitrogens with one attached hydrogen (secondary N) is 1. The van der Waals surface area contributed by atoms with Crippen LogP contribution in [0.5, 0.6) is 5.75 Å². The van der Waals surface area contributed by atoms with E-state index >= 15 is 0 Å². The van der Waals surface area contributed by atoms with Crippen LogP contribution in [0.1, 0.15) is 64.6 Å². The molecule has 2 fully saturated rings. The van der Waals surface area contributed by atoms with Crippen LogP contribution in [0, 0.1) is 13.8 Å². The minimum absolute atomic E-state index is 0.00885. The van der Waals surface area contributed by atoms with Gasteiger partial charge in [-0.2, -0.15) is 4.31 Å². The third-order valence-electron chi connectivity index (χ3n) is 8.28. The van der Waals surface area contributed by atoms with Crippen molar-refractivity contribution >= 4 is 21.8 Å². The largest absolute Gasteiger partial charge is 0.497 e. The van der Waals surface area contributed by atoms with E-state index in [1.165, 1.54) is 16.1 Å². The van der Waals surface area contributed by atoms with Gasteiger partial charge in [-0.3, -0.25) is 14.5 Å². The summed E-state index contributed by atoms with van der Waals surface area (Å²) < 4.78 is 40.2. The number of methoxy groups -OCH3 is 1. The standard InChI is InChI=1S/C33H42N4O6S/c1-22-14-30(42-5)15-23(2)32(22)44(40,41)37(29-10-11-29)20-31-16-27(21-43-31)33(39)35(4)17-25-6-8-26(9-7-25)18-36-13-12-28(19-36)34-24(3)38/h6-9,14-16,21,28-29H,10-13,17-20H2,1-5H3,(H,34,38). The van der Waals surface area contributed by atoms with Crippen molar-refractivity contribution < 1.29 is 27.2 Å². The normalized spacial score (nSPS) is 17.2. The first-order chi connectivity index (χ1) is 20.9. The van der Waals surface area contributed by atoms with Crippen LogP contribution >= 0.6 is 0 Å². The van der Waals surface area contributed by atoms with Crippen molar-refractivity contribution in [2.24, 2.45) is 0 Å². The van der Waals surface area contributed by atoms with Crippen LogP contribution in [-0.4, -0.2) is 73.7 Å². The summed E-state index contributed by atoms with van der Waals surface area (Å²) in [4.78, 5) is 28.8. The number of furan rings is 1. The fourth-order valence-corrected chi connectivity index (χ4v) is 8.08. The maximum atomic E-state index is 13.8. The fourth-order valence-electron chi connectivity index (χ4n) is 6.01. The van der Waals surface area contributed by atoms with E-state index in [2.05, 4.69) is 22.3 Å². The van der Waals surface area contributed by atoms with Gasteiger partial charge in [0.2, 0.25) is 15.9 Å². The predicted molar refractivity (Wildman–Crippen MR) is 167 cm³/mol. The summed E-state index contributed by atoms with van der Waals surface area (Å²) in [6.45, 7) is 8.19. The number of rotatable bonds is 12. The zero-order valence-electron chi connectivity index (χ0n) is 26.1. The van der Waals surface area contributed by atoms with Gasteiger partial charge in [0.05, 0.1) is 24.1 Å². The monoisotopic (exact) mass is 622 g/mol. The van der Waals surface area contributed by atoms with E-state index in [9.17, 15) is 18.0 Å². The summed E-state index contributed by atoms with van der Waals surface area (Å²) in [5.41, 5.74) is 3.82. The lowest BCUT2D eigenvalue weighted by molar-refractivity contribution is -0.119. The molecule has 1 saturated heterocycles. The highest BCUT2D eigenvalue weighted by Crippen LogP contribution is 2.37. The first kappa shape index (κ1) is 31.7. The topological polar surface area (TPSA) is 112 Å². The molecule has 3 aromatic rings. The van der Waals surface area contributed by atoms with E-state index < -0.39 is 10.0 Å². The van der Waals surface area contributed by atoms with E-state index in [0.29, 0.717) is 34.7 Å². The Kier molecular flexibility index (Phi) is 9.48. The molecule has 2 aliphatic rings. The van der Waals surface area contributed by atoms with Gasteiger partial charge in [0, 0.05) is 52.2 Å². The Balaban J connectivity index is 1.20. The van der Waals surface area contributed by atoms with E-state index in [1.54, 1.807) is 58.0 Å². The van der Waals surface area contributed by atoms with Crippen LogP contribution in [0.15, 0.2) is 58.0 Å². The fraction of sp³-hybridized carbons (Fsp3) is 0.455. The van der Waals surface area contributed by atoms with Crippen LogP contribution in [0.25, 0.3) is 0 Å². The molecule has 2 aromatic carbocycles. The molecule has 1 aliphatic heterocycles. The minimum Gasteiger partial charge on any atom is -0.497 e. The second-order valence-electron chi connectivity index (χ2n) is 12.1. The molecular weight excluding hydrogens is 580 g/mol. The molecule has 236 valence electrons. The number of hydrogen-bond acceptors (Lipinski definition) is 7. The molecule has 44 heavy (non-hydrogen) atoms. The quantitative estimate of drug-likeness (QED) is 0.322. The second kappa shape index (κ2) is 13.1. The molecule has 1 saturated carbocycles. The van der Waals surface area contributed by atoms with Crippen molar-refractivity contribution in [3.8, 4) is 5.75 Å². The summed E-state index contributed by atoms with van der Waals surface area (Å²) in [7, 11) is -0.505. The van der Waals surface area contributed by atoms with Gasteiger partial charge in [-0.15, -0.1) is 0 Å². The average molecular weight is 623 g/mol. The van der Waals surface area contributed by atoms with Crippen LogP contribution in [0.2, 0.25) is 0 Å². The zero-order valence-corrected chi connectivity index (χ0v) is 26.9. The number of amides is 2. The number of sulfonamides is 1. The minimum atomic E-state index is -3.81. The van der Waals surface area contributed by atoms with Gasteiger partial charge >= 0.3 is 0 Å². The van der Waals surface area contributed by atoms with Crippen molar-refractivity contribution in [2.45, 2.75) is 76.6 Å². The van der Waals surface area contributed by atoms with Gasteiger partial charge in [0.15, 0.2) is 0 Å². The molecule has 1 atom stereocenters. The van der Waals surface area contributed by atoms with Crippen molar-refractivity contribution in [1.82, 2.24) is 19.4 Å². The first-order valence-electron chi connectivity index (χ1n) is 15.0. The third kappa shape index (κ3) is 7.34. The summed E-state index contributed by atoms with van der Waals surface area (Å²) >= 11 is 0. The number of aryl methyl sites for hydroxylation is 2. The van der Waals surface area contributed by atoms with Gasteiger partial charge in [0.1, 0.15) is 17.8 Å². The molecule has 2 amide bonds. The molecule has 5 rings (SSSR count). The molecule has 11 heteroatoms. The maximum absolute atomic E-state index is 13.8. The second-order valence-corrected chi connectivity index (χ2v) is 13.9. The summed E-state index contributed by atoms with van der Waals surface area (Å²) in [6, 6.07) is 13.4. The molecule has 0 radical (unpaired) electrons. The van der Waals surface area contributed by atoms with Gasteiger partial charge in [-0.25, -0.2) is 8.42 Å². The highest BCUT2D eigenvalue weighted by atomic mass is 32.2. The molecule has 10 nitrogen and oxygen atoms in total. The zero-order chi connectivity index (χ0) is 31.6. The number of hydrogen-bond donors (Lipinski definition) is 1. The van der Waals surface area contributed by atoms with E-state index in [-0.39, 0.29) is 35.3 Å². The first-order valence-corrected chi connectivity index (χ1v) is 16.5. The van der Waals surface area contributed by atoms with Crippen molar-refractivity contribution in [2.75, 3.05) is 27.2 Å². The number of nitrogens with zero attached hydrogens (tertiary/aromatic N) is 3. The smallest absolute Gasteiger partial charge is 0.257 e. The molecular formula is C33H42N4O6S. The summed E-state index contributed by atoms with van der Waals surface area (Å²) in [5, 5.41) is 2.99. The Labute approximate surface area is 260 Å². The van der Waals surface area contributed by atoms with Gasteiger partial charge in [0.25, 0.3) is 5.91 Å². The summed E-state index contributed by atoms with van der Waals surface area (Å²) in [5.74, 6) is 0.849. The van der Waals surface area contributed by atoms with Crippen LogP contribution in [-0.2, 0) is 34.5 Å². The lowest BCUT2D eigenvalue weighted by Crippen LogP contribution is -2.35. The number of benzene rings is 2. The number of ether oxygens (including phenoxy) is 1. The van der Waals surface area contributed by atoms with E-state index in [1.807, 2.05) is 12.1 Å². The lowest BCUT2D eigenvalue weighted by Gasteiger charge is -2.23. The Bertz CT molecular complexity index is 1590. The number of likely N-dealkylation sites (tertiary alicyclic amines) is 1. The van der Waals surface area contributed by atoms with Crippen LogP contribution in [0.4, 0.5) is 0 Å². The molecule has 1 unspecified atom stereocenters. The van der Waals surface area contributed by atoms with Crippen LogP contribution in [0.3, 0.4) is 0 Å². The van der Waals surface area contributed by atoms with E-state index in [4.69, 9.17) is 9.15 Å². The highest BCUT2D eigenvalue weighted by Gasteiger charge is 2.40. The van der Waals surface area contributed by atoms with Gasteiger partial charge in [-0.05, 0) is 73.6 Å². The predicted octanol–water partition coefficient (Wildman–Crippen LogP) is 4.24. The molecule has 0 spiro atoms. The van der Waals surface area contributed by atoms with Crippen molar-refractivity contribution in [3.63, 3.8) is 0 Å². The van der Waals surface area contributed by atoms with Gasteiger partial charge < -0.3 is 19.4 Å². The average Bonchev–Trinajstić information content (AvgIpc) is 3.53. The molecule has 1 aromatic heterocycles.